The van der Waals surface area contributed by atoms with Crippen LogP contribution in [0.3, 0.4) is 0 Å². The fraction of sp³-hybridized carbons (Fsp3) is 0.667. The molecular weight excluding hydrogens is 344 g/mol. The highest BCUT2D eigenvalue weighted by Crippen LogP contribution is 2.24. The van der Waals surface area contributed by atoms with E-state index in [2.05, 4.69) is 13.2 Å². The summed E-state index contributed by atoms with van der Waals surface area (Å²) in [5.74, 6) is -1.00. The van der Waals surface area contributed by atoms with Crippen molar-refractivity contribution in [2.45, 2.75) is 13.3 Å². The van der Waals surface area contributed by atoms with E-state index in [1.165, 1.54) is 0 Å². The zero-order chi connectivity index (χ0) is 19.7. The molecule has 8 nitrogen and oxygen atoms in total. The van der Waals surface area contributed by atoms with E-state index in [9.17, 15) is 9.59 Å². The maximum Gasteiger partial charge on any atom is 0.330 e. The van der Waals surface area contributed by atoms with Crippen molar-refractivity contribution in [3.05, 3.63) is 25.3 Å². The van der Waals surface area contributed by atoms with Gasteiger partial charge in [-0.3, -0.25) is 0 Å². The molecule has 0 rings (SSSR count). The molecule has 26 heavy (non-hydrogen) atoms. The summed E-state index contributed by atoms with van der Waals surface area (Å²) >= 11 is 0. The van der Waals surface area contributed by atoms with Gasteiger partial charge >= 0.3 is 11.9 Å². The first-order valence-corrected chi connectivity index (χ1v) is 8.46. The second-order valence-corrected chi connectivity index (χ2v) is 5.48. The number of esters is 2. The molecule has 0 fully saturated rings. The molecule has 8 heteroatoms. The number of hydrogen-bond acceptors (Lipinski definition) is 8. The van der Waals surface area contributed by atoms with E-state index in [0.29, 0.717) is 26.2 Å². The van der Waals surface area contributed by atoms with Crippen LogP contribution in [0.25, 0.3) is 0 Å². The Bertz CT molecular complexity index is 391. The fourth-order valence-electron chi connectivity index (χ4n) is 1.88. The summed E-state index contributed by atoms with van der Waals surface area (Å²) in [5, 5.41) is 8.88. The van der Waals surface area contributed by atoms with Crippen molar-refractivity contribution >= 4 is 11.9 Å². The number of hydrogen-bond donors (Lipinski definition) is 1. The number of carbonyl (C=O) groups is 2. The van der Waals surface area contributed by atoms with Crippen LogP contribution in [0.5, 0.6) is 0 Å². The van der Waals surface area contributed by atoms with Crippen LogP contribution in [0, 0.1) is 5.41 Å². The Morgan fingerprint density at radius 1 is 0.846 bits per heavy atom. The standard InChI is InChI=1S/C18H30O8/c1-4-16(20)25-11-9-23-14-18(6-3,13-22-8-7-19)15-24-10-12-26-17(21)5-2/h4-5,19H,1-2,6-15H2,3H3. The highest BCUT2D eigenvalue weighted by Gasteiger charge is 2.29. The Balaban J connectivity index is 4.34. The third-order valence-corrected chi connectivity index (χ3v) is 3.49. The van der Waals surface area contributed by atoms with Crippen LogP contribution in [0.15, 0.2) is 25.3 Å². The monoisotopic (exact) mass is 374 g/mol. The number of rotatable bonds is 17. The minimum atomic E-state index is -0.501. The van der Waals surface area contributed by atoms with Gasteiger partial charge in [0, 0.05) is 17.6 Å². The molecule has 0 bridgehead atoms. The van der Waals surface area contributed by atoms with Gasteiger partial charge < -0.3 is 28.8 Å². The summed E-state index contributed by atoms with van der Waals surface area (Å²) in [6, 6.07) is 0. The van der Waals surface area contributed by atoms with Gasteiger partial charge in [0.05, 0.1) is 46.2 Å². The number of aliphatic hydroxyl groups excluding tert-OH is 1. The summed E-state index contributed by atoms with van der Waals surface area (Å²) in [5.41, 5.74) is -0.430. The van der Waals surface area contributed by atoms with E-state index < -0.39 is 17.4 Å². The summed E-state index contributed by atoms with van der Waals surface area (Å²) in [4.78, 5) is 21.9. The van der Waals surface area contributed by atoms with Gasteiger partial charge in [-0.2, -0.15) is 0 Å². The molecule has 150 valence electrons. The van der Waals surface area contributed by atoms with Crippen molar-refractivity contribution in [3.8, 4) is 0 Å². The van der Waals surface area contributed by atoms with Gasteiger partial charge in [-0.15, -0.1) is 0 Å². The molecule has 1 N–H and O–H groups in total. The summed E-state index contributed by atoms with van der Waals surface area (Å²) in [6.07, 6.45) is 2.88. The lowest BCUT2D eigenvalue weighted by Gasteiger charge is -2.32. The molecule has 0 unspecified atom stereocenters. The third kappa shape index (κ3) is 11.8. The zero-order valence-corrected chi connectivity index (χ0v) is 15.4. The molecule has 0 amide bonds. The van der Waals surface area contributed by atoms with Crippen LogP contribution < -0.4 is 0 Å². The molecule has 0 saturated carbocycles. The Morgan fingerprint density at radius 2 is 1.27 bits per heavy atom. The van der Waals surface area contributed by atoms with Gasteiger partial charge in [0.2, 0.25) is 0 Å². The third-order valence-electron chi connectivity index (χ3n) is 3.49. The van der Waals surface area contributed by atoms with Crippen molar-refractivity contribution in [2.24, 2.45) is 5.41 Å². The highest BCUT2D eigenvalue weighted by atomic mass is 16.6. The number of aliphatic hydroxyl groups is 1. The molecular formula is C18H30O8. The van der Waals surface area contributed by atoms with Gasteiger partial charge in [-0.05, 0) is 6.42 Å². The molecule has 0 aliphatic rings. The van der Waals surface area contributed by atoms with Crippen molar-refractivity contribution in [2.75, 3.05) is 59.5 Å². The maximum atomic E-state index is 11.0. The van der Waals surface area contributed by atoms with Crippen LogP contribution in [0.2, 0.25) is 0 Å². The van der Waals surface area contributed by atoms with Crippen molar-refractivity contribution in [1.29, 1.82) is 0 Å². The molecule has 0 aromatic rings. The topological polar surface area (TPSA) is 101 Å². The van der Waals surface area contributed by atoms with Gasteiger partial charge in [0.25, 0.3) is 0 Å². The van der Waals surface area contributed by atoms with E-state index in [4.69, 9.17) is 28.8 Å². The lowest BCUT2D eigenvalue weighted by atomic mass is 9.88. The SMILES string of the molecule is C=CC(=O)OCCOCC(CC)(COCCO)COCCOC(=O)C=C. The quantitative estimate of drug-likeness (QED) is 0.228. The maximum absolute atomic E-state index is 11.0. The van der Waals surface area contributed by atoms with E-state index in [-0.39, 0.29) is 39.6 Å². The Morgan fingerprint density at radius 3 is 1.62 bits per heavy atom. The number of ether oxygens (including phenoxy) is 5. The van der Waals surface area contributed by atoms with Gasteiger partial charge in [-0.25, -0.2) is 9.59 Å². The van der Waals surface area contributed by atoms with Crippen LogP contribution in [0.1, 0.15) is 13.3 Å². The molecule has 0 aromatic carbocycles. The van der Waals surface area contributed by atoms with Crippen LogP contribution in [-0.2, 0) is 33.3 Å². The smallest absolute Gasteiger partial charge is 0.330 e. The van der Waals surface area contributed by atoms with E-state index in [1.807, 2.05) is 6.92 Å². The molecule has 0 atom stereocenters. The summed E-state index contributed by atoms with van der Waals surface area (Å²) < 4.78 is 26.3. The normalized spacial score (nSPS) is 11.0. The van der Waals surface area contributed by atoms with E-state index in [0.717, 1.165) is 12.2 Å². The molecule has 0 spiro atoms. The summed E-state index contributed by atoms with van der Waals surface area (Å²) in [6.45, 7) is 10.5. The van der Waals surface area contributed by atoms with Crippen molar-refractivity contribution in [3.63, 3.8) is 0 Å². The first kappa shape index (κ1) is 24.3. The molecule has 0 heterocycles. The highest BCUT2D eigenvalue weighted by molar-refractivity contribution is 5.81. The van der Waals surface area contributed by atoms with Crippen LogP contribution in [-0.4, -0.2) is 76.5 Å². The second kappa shape index (κ2) is 15.5. The first-order chi connectivity index (χ1) is 12.5. The second-order valence-electron chi connectivity index (χ2n) is 5.48. The van der Waals surface area contributed by atoms with Crippen LogP contribution in [0.4, 0.5) is 0 Å². The zero-order valence-electron chi connectivity index (χ0n) is 15.4. The number of carbonyl (C=O) groups excluding carboxylic acids is 2. The Labute approximate surface area is 154 Å². The molecule has 0 aliphatic heterocycles. The molecule has 0 saturated heterocycles. The Hall–Kier alpha value is -1.74. The van der Waals surface area contributed by atoms with Crippen LogP contribution >= 0.6 is 0 Å². The van der Waals surface area contributed by atoms with Gasteiger partial charge in [0.1, 0.15) is 13.2 Å². The van der Waals surface area contributed by atoms with E-state index in [1.54, 1.807) is 0 Å². The largest absolute Gasteiger partial charge is 0.460 e. The average molecular weight is 374 g/mol. The average Bonchev–Trinajstić information content (AvgIpc) is 2.66. The van der Waals surface area contributed by atoms with Gasteiger partial charge in [-0.1, -0.05) is 20.1 Å². The van der Waals surface area contributed by atoms with Crippen molar-refractivity contribution < 1.29 is 38.4 Å². The lowest BCUT2D eigenvalue weighted by molar-refractivity contribution is -0.141. The summed E-state index contributed by atoms with van der Waals surface area (Å²) in [7, 11) is 0. The lowest BCUT2D eigenvalue weighted by Crippen LogP contribution is -2.38. The first-order valence-electron chi connectivity index (χ1n) is 8.46. The molecule has 0 radical (unpaired) electrons. The van der Waals surface area contributed by atoms with Crippen molar-refractivity contribution in [1.82, 2.24) is 0 Å². The van der Waals surface area contributed by atoms with E-state index >= 15 is 0 Å². The molecule has 0 aromatic heterocycles. The Kier molecular flexibility index (Phi) is 14.5. The predicted octanol–water partition coefficient (Wildman–Crippen LogP) is 0.883. The van der Waals surface area contributed by atoms with Gasteiger partial charge in [0.15, 0.2) is 0 Å². The minimum absolute atomic E-state index is 0.0729. The minimum Gasteiger partial charge on any atom is -0.460 e. The molecule has 0 aliphatic carbocycles. The predicted molar refractivity (Wildman–Crippen MR) is 94.6 cm³/mol. The fourth-order valence-corrected chi connectivity index (χ4v) is 1.88.